The maximum Gasteiger partial charge on any atom is 0.354 e. The lowest BCUT2D eigenvalue weighted by Crippen LogP contribution is -2.45. The second-order valence-corrected chi connectivity index (χ2v) is 8.10. The molecule has 6 nitrogen and oxygen atoms in total. The minimum Gasteiger partial charge on any atom is -0.464 e. The highest BCUT2D eigenvalue weighted by atomic mass is 35.5. The van der Waals surface area contributed by atoms with Crippen LogP contribution in [0.25, 0.3) is 0 Å². The summed E-state index contributed by atoms with van der Waals surface area (Å²) in [6.45, 7) is 7.79. The van der Waals surface area contributed by atoms with E-state index in [0.717, 1.165) is 12.8 Å². The van der Waals surface area contributed by atoms with Gasteiger partial charge in [0.25, 0.3) is 5.91 Å². The molecule has 0 spiro atoms. The molecule has 3 rings (SSSR count). The van der Waals surface area contributed by atoms with E-state index in [1.54, 1.807) is 47.6 Å². The van der Waals surface area contributed by atoms with Crippen LogP contribution in [0.4, 0.5) is 0 Å². The maximum absolute atomic E-state index is 13.6. The van der Waals surface area contributed by atoms with Gasteiger partial charge >= 0.3 is 5.97 Å². The van der Waals surface area contributed by atoms with Crippen molar-refractivity contribution in [3.05, 3.63) is 57.4 Å². The molecule has 1 amide bonds. The van der Waals surface area contributed by atoms with Crippen molar-refractivity contribution in [3.8, 4) is 0 Å². The van der Waals surface area contributed by atoms with Crippen LogP contribution >= 0.6 is 11.6 Å². The van der Waals surface area contributed by atoms with Gasteiger partial charge in [-0.3, -0.25) is 9.59 Å². The van der Waals surface area contributed by atoms with Crippen molar-refractivity contribution in [2.24, 2.45) is 0 Å². The van der Waals surface area contributed by atoms with E-state index < -0.39 is 12.0 Å². The smallest absolute Gasteiger partial charge is 0.354 e. The molecule has 1 aromatic heterocycles. The number of rotatable bonds is 7. The number of nitrogens with zero attached hydrogens (tertiary/aromatic N) is 2. The lowest BCUT2D eigenvalue weighted by atomic mass is 9.99. The Bertz CT molecular complexity index is 990. The summed E-state index contributed by atoms with van der Waals surface area (Å²) in [6.07, 6.45) is 1.75. The molecule has 160 valence electrons. The number of methoxy groups -OCH3 is 1. The number of benzene rings is 1. The summed E-state index contributed by atoms with van der Waals surface area (Å²) in [5.41, 5.74) is 2.67. The molecule has 0 N–H and O–H groups in total. The second kappa shape index (κ2) is 8.64. The second-order valence-electron chi connectivity index (χ2n) is 7.66. The highest BCUT2D eigenvalue weighted by Crippen LogP contribution is 2.33. The van der Waals surface area contributed by atoms with Gasteiger partial charge in [-0.1, -0.05) is 11.6 Å². The Labute approximate surface area is 181 Å². The maximum atomic E-state index is 13.6. The molecule has 2 aromatic rings. The van der Waals surface area contributed by atoms with Crippen molar-refractivity contribution < 1.29 is 19.1 Å². The predicted molar refractivity (Wildman–Crippen MR) is 115 cm³/mol. The molecule has 7 heteroatoms. The number of aromatic nitrogens is 1. The van der Waals surface area contributed by atoms with Gasteiger partial charge in [0.2, 0.25) is 0 Å². The van der Waals surface area contributed by atoms with Crippen LogP contribution in [-0.4, -0.2) is 46.3 Å². The zero-order valence-corrected chi connectivity index (χ0v) is 18.7. The topological polar surface area (TPSA) is 68.6 Å². The van der Waals surface area contributed by atoms with Crippen LogP contribution in [0.1, 0.15) is 69.2 Å². The fourth-order valence-corrected chi connectivity index (χ4v) is 4.23. The van der Waals surface area contributed by atoms with Crippen molar-refractivity contribution in [2.75, 3.05) is 7.11 Å². The summed E-state index contributed by atoms with van der Waals surface area (Å²) in [4.78, 5) is 40.8. The molecule has 0 saturated heterocycles. The van der Waals surface area contributed by atoms with E-state index in [4.69, 9.17) is 16.3 Å². The standard InChI is InChI=1S/C23H27ClN2O4/c1-6-25-14(3)19(13(2)20(25)23(29)30-5)21(27)15(4)26(18-11-12-18)22(28)16-7-9-17(24)10-8-16/h7-10,15,18H,6,11-12H2,1-5H3. The molecule has 1 atom stereocenters. The first kappa shape index (κ1) is 22.1. The molecule has 30 heavy (non-hydrogen) atoms. The Hall–Kier alpha value is -2.60. The van der Waals surface area contributed by atoms with E-state index in [9.17, 15) is 14.4 Å². The van der Waals surface area contributed by atoms with Crippen molar-refractivity contribution in [1.29, 1.82) is 0 Å². The van der Waals surface area contributed by atoms with E-state index in [0.29, 0.717) is 39.6 Å². The molecule has 0 aliphatic heterocycles. The highest BCUT2D eigenvalue weighted by molar-refractivity contribution is 6.30. The lowest BCUT2D eigenvalue weighted by Gasteiger charge is -2.29. The first-order valence-corrected chi connectivity index (χ1v) is 10.5. The Balaban J connectivity index is 1.99. The molecule has 1 aliphatic rings. The van der Waals surface area contributed by atoms with E-state index >= 15 is 0 Å². The number of Topliss-reactive ketones (excluding diaryl/α,β-unsaturated/α-hetero) is 1. The number of hydrogen-bond donors (Lipinski definition) is 0. The Kier molecular flexibility index (Phi) is 6.36. The average Bonchev–Trinajstić information content (AvgIpc) is 3.52. The third kappa shape index (κ3) is 3.88. The third-order valence-electron chi connectivity index (χ3n) is 5.77. The van der Waals surface area contributed by atoms with Gasteiger partial charge in [-0.2, -0.15) is 0 Å². The number of carbonyl (C=O) groups is 3. The molecule has 1 heterocycles. The summed E-state index contributed by atoms with van der Waals surface area (Å²) in [6, 6.07) is 6.08. The molecule has 1 aromatic carbocycles. The van der Waals surface area contributed by atoms with Gasteiger partial charge in [0.1, 0.15) is 5.69 Å². The minimum absolute atomic E-state index is 0.0427. The molecule has 0 bridgehead atoms. The Morgan fingerprint density at radius 1 is 1.20 bits per heavy atom. The number of ketones is 1. The fraction of sp³-hybridized carbons (Fsp3) is 0.435. The minimum atomic E-state index is -0.656. The van der Waals surface area contributed by atoms with Gasteiger partial charge < -0.3 is 14.2 Å². The normalized spacial score (nSPS) is 14.3. The van der Waals surface area contributed by atoms with Gasteiger partial charge in [-0.05, 0) is 70.4 Å². The van der Waals surface area contributed by atoms with Crippen molar-refractivity contribution in [2.45, 2.75) is 59.2 Å². The Morgan fingerprint density at radius 2 is 1.80 bits per heavy atom. The zero-order valence-electron chi connectivity index (χ0n) is 18.0. The highest BCUT2D eigenvalue weighted by Gasteiger charge is 2.40. The summed E-state index contributed by atoms with van der Waals surface area (Å²) in [5, 5.41) is 0.552. The number of esters is 1. The average molecular weight is 431 g/mol. The van der Waals surface area contributed by atoms with Crippen LogP contribution in [0.5, 0.6) is 0 Å². The monoisotopic (exact) mass is 430 g/mol. The Morgan fingerprint density at radius 3 is 2.30 bits per heavy atom. The van der Waals surface area contributed by atoms with E-state index in [2.05, 4.69) is 0 Å². The van der Waals surface area contributed by atoms with Crippen LogP contribution in [0.2, 0.25) is 5.02 Å². The van der Waals surface area contributed by atoms with Crippen LogP contribution in [-0.2, 0) is 11.3 Å². The fourth-order valence-electron chi connectivity index (χ4n) is 4.10. The molecule has 1 aliphatic carbocycles. The van der Waals surface area contributed by atoms with Crippen molar-refractivity contribution >= 4 is 29.3 Å². The first-order valence-electron chi connectivity index (χ1n) is 10.1. The molecular weight excluding hydrogens is 404 g/mol. The molecule has 1 unspecified atom stereocenters. The van der Waals surface area contributed by atoms with E-state index in [1.807, 2.05) is 13.8 Å². The predicted octanol–water partition coefficient (Wildman–Crippen LogP) is 4.44. The summed E-state index contributed by atoms with van der Waals surface area (Å²) < 4.78 is 6.72. The zero-order chi connectivity index (χ0) is 22.2. The van der Waals surface area contributed by atoms with Gasteiger partial charge in [0, 0.05) is 34.4 Å². The van der Waals surface area contributed by atoms with Gasteiger partial charge in [0.15, 0.2) is 5.78 Å². The molecule has 1 fully saturated rings. The van der Waals surface area contributed by atoms with Crippen LogP contribution in [0.3, 0.4) is 0 Å². The van der Waals surface area contributed by atoms with Crippen LogP contribution in [0.15, 0.2) is 24.3 Å². The van der Waals surface area contributed by atoms with Crippen molar-refractivity contribution in [1.82, 2.24) is 9.47 Å². The SMILES string of the molecule is CCn1c(C)c(C(=O)C(C)N(C(=O)c2ccc(Cl)cc2)C2CC2)c(C)c1C(=O)OC. The van der Waals surface area contributed by atoms with Gasteiger partial charge in [-0.15, -0.1) is 0 Å². The van der Waals surface area contributed by atoms with Gasteiger partial charge in [0.05, 0.1) is 13.2 Å². The van der Waals surface area contributed by atoms with E-state index in [1.165, 1.54) is 7.11 Å². The molecular formula is C23H27ClN2O4. The van der Waals surface area contributed by atoms with Crippen LogP contribution < -0.4 is 0 Å². The first-order chi connectivity index (χ1) is 14.2. The summed E-state index contributed by atoms with van der Waals surface area (Å²) in [5.74, 6) is -0.828. The van der Waals surface area contributed by atoms with Crippen molar-refractivity contribution in [3.63, 3.8) is 0 Å². The third-order valence-corrected chi connectivity index (χ3v) is 6.02. The summed E-state index contributed by atoms with van der Waals surface area (Å²) >= 11 is 5.95. The van der Waals surface area contributed by atoms with Gasteiger partial charge in [-0.25, -0.2) is 4.79 Å². The lowest BCUT2D eigenvalue weighted by molar-refractivity contribution is 0.0586. The number of hydrogen-bond acceptors (Lipinski definition) is 4. The largest absolute Gasteiger partial charge is 0.464 e. The number of amides is 1. The summed E-state index contributed by atoms with van der Waals surface area (Å²) in [7, 11) is 1.33. The number of halogens is 1. The number of ether oxygens (including phenoxy) is 1. The molecule has 0 radical (unpaired) electrons. The van der Waals surface area contributed by atoms with E-state index in [-0.39, 0.29) is 17.7 Å². The quantitative estimate of drug-likeness (QED) is 0.481. The molecule has 1 saturated carbocycles. The van der Waals surface area contributed by atoms with Crippen LogP contribution in [0, 0.1) is 13.8 Å². The number of carbonyl (C=O) groups excluding carboxylic acids is 3.